The Bertz CT molecular complexity index is 964. The minimum Gasteiger partial charge on any atom is -0.396 e. The highest BCUT2D eigenvalue weighted by molar-refractivity contribution is 5.32. The molecule has 1 N–H and O–H groups in total. The van der Waals surface area contributed by atoms with Gasteiger partial charge in [-0.15, -0.1) is 0 Å². The van der Waals surface area contributed by atoms with E-state index in [0.29, 0.717) is 34.7 Å². The fourth-order valence-electron chi connectivity index (χ4n) is 12.1. The lowest BCUT2D eigenvalue weighted by Crippen LogP contribution is -2.66. The monoisotopic (exact) mass is 467 g/mol. The molecule has 0 bridgehead atoms. The van der Waals surface area contributed by atoms with Crippen molar-refractivity contribution in [2.45, 2.75) is 112 Å². The molecule has 5 aliphatic rings. The SMILES string of the molecule is CC(C)[C@@H]1CC[C@]2(CO)CC[C@]3(C)[C@H](CCC4[C@@]5(C)Cc6cnoc6C(C)(C)[C@@H]5CC[C@]43C)[C@@H]12. The van der Waals surface area contributed by atoms with Gasteiger partial charge in [0.2, 0.25) is 0 Å². The van der Waals surface area contributed by atoms with Crippen molar-refractivity contribution in [2.75, 3.05) is 6.61 Å². The lowest BCUT2D eigenvalue weighted by atomic mass is 9.32. The van der Waals surface area contributed by atoms with E-state index in [0.717, 1.165) is 35.9 Å². The van der Waals surface area contributed by atoms with Gasteiger partial charge in [0.25, 0.3) is 0 Å². The standard InChI is InChI=1S/C31H49NO2/c1-19(2)21-10-13-31(18-33)15-14-29(6)22(25(21)31)8-9-24-28(5)16-20-17-32-34-26(20)27(3,4)23(28)11-12-30(24,29)7/h17,19,21-25,33H,8-16,18H2,1-7H3/t21-,22+,23-,24?,25+,28-,29+,30+,31+/m0/s1. The van der Waals surface area contributed by atoms with E-state index in [2.05, 4.69) is 53.6 Å². The van der Waals surface area contributed by atoms with E-state index >= 15 is 0 Å². The van der Waals surface area contributed by atoms with Crippen LogP contribution >= 0.6 is 0 Å². The van der Waals surface area contributed by atoms with Crippen LogP contribution in [0.2, 0.25) is 0 Å². The summed E-state index contributed by atoms with van der Waals surface area (Å²) in [6, 6.07) is 0. The summed E-state index contributed by atoms with van der Waals surface area (Å²) in [7, 11) is 0. The number of hydrogen-bond acceptors (Lipinski definition) is 3. The van der Waals surface area contributed by atoms with Crippen molar-refractivity contribution >= 4 is 0 Å². The largest absolute Gasteiger partial charge is 0.396 e. The Kier molecular flexibility index (Phi) is 4.95. The first-order valence-corrected chi connectivity index (χ1v) is 14.5. The highest BCUT2D eigenvalue weighted by Crippen LogP contribution is 2.77. The molecule has 0 saturated heterocycles. The Morgan fingerprint density at radius 2 is 1.71 bits per heavy atom. The highest BCUT2D eigenvalue weighted by Gasteiger charge is 2.71. The molecule has 5 aliphatic carbocycles. The molecule has 0 aliphatic heterocycles. The van der Waals surface area contributed by atoms with Gasteiger partial charge in [-0.05, 0) is 115 Å². The summed E-state index contributed by atoms with van der Waals surface area (Å²) in [5, 5.41) is 15.0. The molecule has 1 aromatic rings. The van der Waals surface area contributed by atoms with Crippen LogP contribution in [0.1, 0.15) is 111 Å². The third-order valence-electron chi connectivity index (χ3n) is 13.8. The molecular weight excluding hydrogens is 418 g/mol. The van der Waals surface area contributed by atoms with Gasteiger partial charge in [-0.2, -0.15) is 0 Å². The van der Waals surface area contributed by atoms with Crippen LogP contribution in [0.25, 0.3) is 0 Å². The minimum absolute atomic E-state index is 0.0602. The fourth-order valence-corrected chi connectivity index (χ4v) is 12.1. The molecule has 1 aromatic heterocycles. The predicted molar refractivity (Wildman–Crippen MR) is 136 cm³/mol. The zero-order valence-electron chi connectivity index (χ0n) is 22.9. The van der Waals surface area contributed by atoms with Gasteiger partial charge in [-0.3, -0.25) is 0 Å². The second kappa shape index (κ2) is 7.14. The van der Waals surface area contributed by atoms with E-state index in [9.17, 15) is 5.11 Å². The molecule has 6 rings (SSSR count). The average molecular weight is 468 g/mol. The van der Waals surface area contributed by atoms with Crippen molar-refractivity contribution < 1.29 is 9.63 Å². The molecule has 3 heteroatoms. The molecule has 1 unspecified atom stereocenters. The van der Waals surface area contributed by atoms with Gasteiger partial charge in [-0.1, -0.05) is 53.6 Å². The predicted octanol–water partition coefficient (Wildman–Crippen LogP) is 7.42. The van der Waals surface area contributed by atoms with Crippen molar-refractivity contribution in [3.05, 3.63) is 17.5 Å². The number of aliphatic hydroxyl groups excluding tert-OH is 1. The molecule has 0 aromatic carbocycles. The summed E-state index contributed by atoms with van der Waals surface area (Å²) < 4.78 is 5.86. The fraction of sp³-hybridized carbons (Fsp3) is 0.903. The van der Waals surface area contributed by atoms with Crippen molar-refractivity contribution in [3.8, 4) is 0 Å². The van der Waals surface area contributed by atoms with Crippen LogP contribution in [0.15, 0.2) is 10.7 Å². The summed E-state index contributed by atoms with van der Waals surface area (Å²) in [5.41, 5.74) is 2.69. The summed E-state index contributed by atoms with van der Waals surface area (Å²) in [5.74, 6) is 5.58. The van der Waals surface area contributed by atoms with Gasteiger partial charge >= 0.3 is 0 Å². The molecule has 4 fully saturated rings. The first-order chi connectivity index (χ1) is 15.9. The van der Waals surface area contributed by atoms with Gasteiger partial charge < -0.3 is 9.63 Å². The third-order valence-corrected chi connectivity index (χ3v) is 13.8. The zero-order valence-corrected chi connectivity index (χ0v) is 22.9. The molecule has 0 radical (unpaired) electrons. The first kappa shape index (κ1) is 23.6. The molecule has 9 atom stereocenters. The molecule has 0 amide bonds. The number of aromatic nitrogens is 1. The van der Waals surface area contributed by atoms with Gasteiger partial charge in [0.05, 0.1) is 6.20 Å². The van der Waals surface area contributed by atoms with Crippen LogP contribution in [0, 0.1) is 57.2 Å². The number of rotatable bonds is 2. The maximum atomic E-state index is 10.7. The van der Waals surface area contributed by atoms with Crippen molar-refractivity contribution in [3.63, 3.8) is 0 Å². The van der Waals surface area contributed by atoms with Gasteiger partial charge in [0.15, 0.2) is 0 Å². The molecule has 3 nitrogen and oxygen atoms in total. The van der Waals surface area contributed by atoms with Crippen LogP contribution in [-0.2, 0) is 11.8 Å². The van der Waals surface area contributed by atoms with Crippen molar-refractivity contribution in [1.29, 1.82) is 0 Å². The quantitative estimate of drug-likeness (QED) is 0.492. The normalized spacial score (nSPS) is 51.3. The van der Waals surface area contributed by atoms with E-state index in [1.54, 1.807) is 0 Å². The van der Waals surface area contributed by atoms with Crippen molar-refractivity contribution in [2.24, 2.45) is 57.2 Å². The number of nitrogens with zero attached hydrogens (tertiary/aromatic N) is 1. The van der Waals surface area contributed by atoms with E-state index in [-0.39, 0.29) is 10.8 Å². The first-order valence-electron chi connectivity index (χ1n) is 14.5. The Balaban J connectivity index is 1.42. The van der Waals surface area contributed by atoms with Crippen LogP contribution in [0.5, 0.6) is 0 Å². The molecule has 1 heterocycles. The average Bonchev–Trinajstić information content (AvgIpc) is 3.39. The van der Waals surface area contributed by atoms with Crippen LogP contribution < -0.4 is 0 Å². The maximum absolute atomic E-state index is 10.7. The molecule has 0 spiro atoms. The lowest BCUT2D eigenvalue weighted by Gasteiger charge is -2.72. The van der Waals surface area contributed by atoms with Crippen LogP contribution in [-0.4, -0.2) is 16.9 Å². The maximum Gasteiger partial charge on any atom is 0.145 e. The van der Waals surface area contributed by atoms with Crippen LogP contribution in [0.3, 0.4) is 0 Å². The van der Waals surface area contributed by atoms with E-state index in [4.69, 9.17) is 4.52 Å². The molecular formula is C31H49NO2. The summed E-state index contributed by atoms with van der Waals surface area (Å²) in [6.45, 7) is 18.2. The highest BCUT2D eigenvalue weighted by atomic mass is 16.5. The zero-order chi connectivity index (χ0) is 24.3. The van der Waals surface area contributed by atoms with E-state index < -0.39 is 0 Å². The lowest BCUT2D eigenvalue weighted by molar-refractivity contribution is -0.231. The van der Waals surface area contributed by atoms with Crippen LogP contribution in [0.4, 0.5) is 0 Å². The van der Waals surface area contributed by atoms with E-state index in [1.807, 2.05) is 6.20 Å². The van der Waals surface area contributed by atoms with Gasteiger partial charge in [0, 0.05) is 17.6 Å². The number of fused-ring (bicyclic) bond motifs is 8. The Morgan fingerprint density at radius 1 is 0.941 bits per heavy atom. The number of hydrogen-bond donors (Lipinski definition) is 1. The molecule has 34 heavy (non-hydrogen) atoms. The van der Waals surface area contributed by atoms with Gasteiger partial charge in [0.1, 0.15) is 5.76 Å². The topological polar surface area (TPSA) is 46.3 Å². The Morgan fingerprint density at radius 3 is 2.41 bits per heavy atom. The second-order valence-electron chi connectivity index (χ2n) is 15.2. The van der Waals surface area contributed by atoms with Crippen molar-refractivity contribution in [1.82, 2.24) is 5.16 Å². The number of aliphatic hydroxyl groups is 1. The molecule has 4 saturated carbocycles. The summed E-state index contributed by atoms with van der Waals surface area (Å²) in [4.78, 5) is 0. The minimum atomic E-state index is 0.0602. The Labute approximate surface area is 207 Å². The molecule has 190 valence electrons. The smallest absolute Gasteiger partial charge is 0.145 e. The third kappa shape index (κ3) is 2.61. The van der Waals surface area contributed by atoms with E-state index in [1.165, 1.54) is 56.9 Å². The van der Waals surface area contributed by atoms with Gasteiger partial charge in [-0.25, -0.2) is 0 Å². The second-order valence-corrected chi connectivity index (χ2v) is 15.2. The summed E-state index contributed by atoms with van der Waals surface area (Å²) in [6.07, 6.45) is 13.7. The Hall–Kier alpha value is -0.830. The summed E-state index contributed by atoms with van der Waals surface area (Å²) >= 11 is 0.